The standard InChI is InChI=1S/C28H40ClNO4/c1-19(14-22-9-7-6-8-20(22)2)16-28(4,5)30-17-25(31)18-34-21(3)26-12-11-24(29)15-23(26)10-13-27(32)33/h6-9,11-12,15,19,21,25,30-31H,10,13-14,16-18H2,1-5H3,(H,32,33)/t19?,21-,25-/m1/s1. The highest BCUT2D eigenvalue weighted by atomic mass is 35.5. The van der Waals surface area contributed by atoms with Gasteiger partial charge in [0.25, 0.3) is 0 Å². The van der Waals surface area contributed by atoms with Crippen LogP contribution in [0, 0.1) is 12.8 Å². The third-order valence-corrected chi connectivity index (χ3v) is 6.43. The molecule has 3 atom stereocenters. The Bertz CT molecular complexity index is 930. The van der Waals surface area contributed by atoms with Crippen LogP contribution >= 0.6 is 11.6 Å². The molecule has 0 fully saturated rings. The lowest BCUT2D eigenvalue weighted by atomic mass is 9.86. The SMILES string of the molecule is Cc1ccccc1CC(C)CC(C)(C)NC[C@@H](O)CO[C@H](C)c1ccc(Cl)cc1CCC(=O)O. The van der Waals surface area contributed by atoms with Crippen molar-refractivity contribution in [2.75, 3.05) is 13.2 Å². The van der Waals surface area contributed by atoms with Gasteiger partial charge in [0.05, 0.1) is 18.8 Å². The van der Waals surface area contributed by atoms with Crippen molar-refractivity contribution in [1.29, 1.82) is 0 Å². The fourth-order valence-electron chi connectivity index (χ4n) is 4.46. The van der Waals surface area contributed by atoms with Crippen molar-refractivity contribution in [1.82, 2.24) is 5.32 Å². The molecule has 188 valence electrons. The highest BCUT2D eigenvalue weighted by Crippen LogP contribution is 2.26. The van der Waals surface area contributed by atoms with Gasteiger partial charge in [-0.3, -0.25) is 4.79 Å². The molecule has 5 nitrogen and oxygen atoms in total. The Morgan fingerprint density at radius 2 is 1.85 bits per heavy atom. The van der Waals surface area contributed by atoms with E-state index in [9.17, 15) is 9.90 Å². The van der Waals surface area contributed by atoms with Gasteiger partial charge in [-0.2, -0.15) is 0 Å². The van der Waals surface area contributed by atoms with Gasteiger partial charge < -0.3 is 20.3 Å². The number of rotatable bonds is 14. The lowest BCUT2D eigenvalue weighted by molar-refractivity contribution is -0.136. The maximum absolute atomic E-state index is 11.0. The first-order chi connectivity index (χ1) is 16.0. The number of hydrogen-bond donors (Lipinski definition) is 3. The van der Waals surface area contributed by atoms with Crippen LogP contribution in [-0.2, 0) is 22.4 Å². The number of nitrogens with one attached hydrogen (secondary N) is 1. The van der Waals surface area contributed by atoms with E-state index in [1.54, 1.807) is 12.1 Å². The molecule has 2 aromatic rings. The second-order valence-electron chi connectivity index (χ2n) is 10.1. The molecule has 0 saturated heterocycles. The number of aliphatic carboxylic acids is 1. The largest absolute Gasteiger partial charge is 0.481 e. The van der Waals surface area contributed by atoms with Crippen LogP contribution in [0.25, 0.3) is 0 Å². The summed E-state index contributed by atoms with van der Waals surface area (Å²) in [7, 11) is 0. The molecular weight excluding hydrogens is 450 g/mol. The predicted octanol–water partition coefficient (Wildman–Crippen LogP) is 5.74. The summed E-state index contributed by atoms with van der Waals surface area (Å²) < 4.78 is 5.94. The van der Waals surface area contributed by atoms with E-state index in [1.807, 2.05) is 13.0 Å². The smallest absolute Gasteiger partial charge is 0.303 e. The first kappa shape index (κ1) is 28.3. The summed E-state index contributed by atoms with van der Waals surface area (Å²) in [5.41, 5.74) is 4.36. The Labute approximate surface area is 209 Å². The number of β-amino-alcohol motifs (C(OH)–C–C–N with tert-alkyl or cyclic N) is 1. The van der Waals surface area contributed by atoms with E-state index < -0.39 is 12.1 Å². The van der Waals surface area contributed by atoms with Gasteiger partial charge in [-0.15, -0.1) is 0 Å². The van der Waals surface area contributed by atoms with Crippen molar-refractivity contribution in [3.8, 4) is 0 Å². The number of carboxylic acid groups (broad SMARTS) is 1. The fraction of sp³-hybridized carbons (Fsp3) is 0.536. The second-order valence-corrected chi connectivity index (χ2v) is 10.5. The van der Waals surface area contributed by atoms with Crippen LogP contribution in [0.3, 0.4) is 0 Å². The molecule has 0 saturated carbocycles. The van der Waals surface area contributed by atoms with Gasteiger partial charge >= 0.3 is 5.97 Å². The lowest BCUT2D eigenvalue weighted by Crippen LogP contribution is -2.45. The topological polar surface area (TPSA) is 78.8 Å². The van der Waals surface area contributed by atoms with Crippen LogP contribution in [0.5, 0.6) is 0 Å². The van der Waals surface area contributed by atoms with Crippen molar-refractivity contribution in [3.63, 3.8) is 0 Å². The summed E-state index contributed by atoms with van der Waals surface area (Å²) in [6.45, 7) is 11.3. The highest BCUT2D eigenvalue weighted by Gasteiger charge is 2.23. The van der Waals surface area contributed by atoms with E-state index in [-0.39, 0.29) is 24.7 Å². The Morgan fingerprint density at radius 1 is 1.15 bits per heavy atom. The molecule has 0 aliphatic heterocycles. The zero-order valence-corrected chi connectivity index (χ0v) is 21.9. The number of carboxylic acids is 1. The van der Waals surface area contributed by atoms with Crippen LogP contribution in [0.1, 0.15) is 68.9 Å². The van der Waals surface area contributed by atoms with Gasteiger partial charge in [-0.05, 0) is 87.3 Å². The molecule has 6 heteroatoms. The van der Waals surface area contributed by atoms with E-state index in [0.717, 1.165) is 24.0 Å². The molecule has 0 radical (unpaired) electrons. The maximum atomic E-state index is 11.0. The van der Waals surface area contributed by atoms with E-state index in [4.69, 9.17) is 21.4 Å². The van der Waals surface area contributed by atoms with E-state index in [1.165, 1.54) is 11.1 Å². The molecule has 1 unspecified atom stereocenters. The summed E-state index contributed by atoms with van der Waals surface area (Å²) in [5, 5.41) is 23.6. The van der Waals surface area contributed by atoms with Crippen molar-refractivity contribution in [2.45, 2.75) is 78.0 Å². The zero-order chi connectivity index (χ0) is 25.3. The third kappa shape index (κ3) is 9.75. The molecule has 34 heavy (non-hydrogen) atoms. The molecule has 0 amide bonds. The van der Waals surface area contributed by atoms with E-state index in [0.29, 0.717) is 23.9 Å². The molecule has 2 rings (SSSR count). The van der Waals surface area contributed by atoms with Crippen molar-refractivity contribution < 1.29 is 19.7 Å². The van der Waals surface area contributed by atoms with Crippen LogP contribution in [0.4, 0.5) is 0 Å². The van der Waals surface area contributed by atoms with Crippen molar-refractivity contribution in [3.05, 3.63) is 69.7 Å². The molecule has 0 aliphatic rings. The van der Waals surface area contributed by atoms with Crippen LogP contribution in [-0.4, -0.2) is 41.0 Å². The number of ether oxygens (including phenoxy) is 1. The minimum atomic E-state index is -0.850. The number of aliphatic hydroxyl groups excluding tert-OH is 1. The fourth-order valence-corrected chi connectivity index (χ4v) is 4.65. The molecule has 2 aromatic carbocycles. The van der Waals surface area contributed by atoms with Crippen molar-refractivity contribution in [2.24, 2.45) is 5.92 Å². The molecule has 0 aromatic heterocycles. The first-order valence-electron chi connectivity index (χ1n) is 12.1. The first-order valence-corrected chi connectivity index (χ1v) is 12.4. The van der Waals surface area contributed by atoms with E-state index in [2.05, 4.69) is 57.3 Å². The normalized spacial score (nSPS) is 14.6. The predicted molar refractivity (Wildman–Crippen MR) is 139 cm³/mol. The quantitative estimate of drug-likeness (QED) is 0.315. The molecule has 3 N–H and O–H groups in total. The van der Waals surface area contributed by atoms with Crippen LogP contribution in [0.2, 0.25) is 5.02 Å². The second kappa shape index (κ2) is 13.2. The third-order valence-electron chi connectivity index (χ3n) is 6.19. The van der Waals surface area contributed by atoms with Crippen molar-refractivity contribution >= 4 is 17.6 Å². The van der Waals surface area contributed by atoms with Crippen LogP contribution < -0.4 is 5.32 Å². The number of hydrogen-bond acceptors (Lipinski definition) is 4. The molecule has 0 heterocycles. The zero-order valence-electron chi connectivity index (χ0n) is 21.1. The molecule has 0 aliphatic carbocycles. The average molecular weight is 490 g/mol. The molecular formula is C28H40ClNO4. The molecule has 0 spiro atoms. The Kier molecular flexibility index (Phi) is 11.0. The van der Waals surface area contributed by atoms with Gasteiger partial charge in [0, 0.05) is 23.5 Å². The summed E-state index contributed by atoms with van der Waals surface area (Å²) >= 11 is 6.10. The Hall–Kier alpha value is -1.92. The van der Waals surface area contributed by atoms with Gasteiger partial charge in [0.1, 0.15) is 0 Å². The summed E-state index contributed by atoms with van der Waals surface area (Å²) in [4.78, 5) is 11.0. The van der Waals surface area contributed by atoms with Gasteiger partial charge in [0.2, 0.25) is 0 Å². The summed E-state index contributed by atoms with van der Waals surface area (Å²) in [5.74, 6) is -0.344. The Balaban J connectivity index is 1.82. The average Bonchev–Trinajstić information content (AvgIpc) is 2.76. The van der Waals surface area contributed by atoms with Gasteiger partial charge in [-0.25, -0.2) is 0 Å². The minimum absolute atomic E-state index is 0.0317. The summed E-state index contributed by atoms with van der Waals surface area (Å²) in [6.07, 6.45) is 1.51. The Morgan fingerprint density at radius 3 is 2.53 bits per heavy atom. The summed E-state index contributed by atoms with van der Waals surface area (Å²) in [6, 6.07) is 14.0. The highest BCUT2D eigenvalue weighted by molar-refractivity contribution is 6.30. The number of halogens is 1. The van der Waals surface area contributed by atoms with Gasteiger partial charge in [-0.1, -0.05) is 48.9 Å². The van der Waals surface area contributed by atoms with E-state index >= 15 is 0 Å². The number of aryl methyl sites for hydroxylation is 2. The number of aliphatic hydroxyl groups is 1. The maximum Gasteiger partial charge on any atom is 0.303 e. The number of carbonyl (C=O) groups is 1. The van der Waals surface area contributed by atoms with Crippen LogP contribution in [0.15, 0.2) is 42.5 Å². The minimum Gasteiger partial charge on any atom is -0.481 e. The van der Waals surface area contributed by atoms with Gasteiger partial charge in [0.15, 0.2) is 0 Å². The molecule has 0 bridgehead atoms. The number of benzene rings is 2. The lowest BCUT2D eigenvalue weighted by Gasteiger charge is -2.31. The monoisotopic (exact) mass is 489 g/mol.